The van der Waals surface area contributed by atoms with Crippen LogP contribution in [0.2, 0.25) is 0 Å². The summed E-state index contributed by atoms with van der Waals surface area (Å²) in [6.45, 7) is 5.88. The summed E-state index contributed by atoms with van der Waals surface area (Å²) in [4.78, 5) is 0. The fraction of sp³-hybridized carbons (Fsp3) is 0.400. The van der Waals surface area contributed by atoms with Crippen molar-refractivity contribution in [1.82, 2.24) is 0 Å². The fourth-order valence-electron chi connectivity index (χ4n) is 2.76. The molecule has 0 aromatic heterocycles. The Morgan fingerprint density at radius 3 is 2.57 bits per heavy atom. The van der Waals surface area contributed by atoms with E-state index in [1.807, 2.05) is 19.1 Å². The minimum atomic E-state index is -0.221. The molecule has 0 saturated heterocycles. The van der Waals surface area contributed by atoms with Crippen LogP contribution in [0.4, 0.5) is 4.39 Å². The molecular formula is C20H23F. The molecule has 0 N–H and O–H groups in total. The van der Waals surface area contributed by atoms with Crippen LogP contribution in [0.3, 0.4) is 0 Å². The van der Waals surface area contributed by atoms with Crippen molar-refractivity contribution >= 4 is 0 Å². The van der Waals surface area contributed by atoms with Gasteiger partial charge in [0.15, 0.2) is 0 Å². The number of hydrogen-bond donors (Lipinski definition) is 0. The van der Waals surface area contributed by atoms with Gasteiger partial charge in [-0.05, 0) is 67.7 Å². The molecule has 1 aliphatic rings. The van der Waals surface area contributed by atoms with E-state index in [-0.39, 0.29) is 5.82 Å². The Morgan fingerprint density at radius 2 is 1.95 bits per heavy atom. The molecule has 21 heavy (non-hydrogen) atoms. The summed E-state index contributed by atoms with van der Waals surface area (Å²) >= 11 is 0. The summed E-state index contributed by atoms with van der Waals surface area (Å²) < 4.78 is 13.8. The molecule has 0 heterocycles. The molecule has 0 spiro atoms. The predicted molar refractivity (Wildman–Crippen MR) is 87.4 cm³/mol. The van der Waals surface area contributed by atoms with Crippen LogP contribution in [-0.2, 0) is 6.42 Å². The standard InChI is InChI=1S/C20H23F/c1-3-16-9-11-18(12-10-16)7-5-6-8-19-14-13-17(4-2)15-20(19)21/h3,5,7,13-16,18H,1,4,9-12H2,2H3. The number of benzene rings is 1. The highest BCUT2D eigenvalue weighted by atomic mass is 19.1. The van der Waals surface area contributed by atoms with Crippen LogP contribution in [0.1, 0.15) is 43.7 Å². The summed E-state index contributed by atoms with van der Waals surface area (Å²) in [5.41, 5.74) is 1.49. The monoisotopic (exact) mass is 282 g/mol. The van der Waals surface area contributed by atoms with E-state index in [0.717, 1.165) is 12.0 Å². The largest absolute Gasteiger partial charge is 0.206 e. The molecule has 0 amide bonds. The van der Waals surface area contributed by atoms with Crippen LogP contribution in [0, 0.1) is 29.5 Å². The molecule has 1 fully saturated rings. The van der Waals surface area contributed by atoms with E-state index in [1.54, 1.807) is 12.1 Å². The topological polar surface area (TPSA) is 0 Å². The number of hydrogen-bond acceptors (Lipinski definition) is 0. The highest BCUT2D eigenvalue weighted by Crippen LogP contribution is 2.29. The lowest BCUT2D eigenvalue weighted by Crippen LogP contribution is -2.10. The molecule has 0 unspecified atom stereocenters. The zero-order valence-electron chi connectivity index (χ0n) is 12.7. The Labute approximate surface area is 127 Å². The van der Waals surface area contributed by atoms with Gasteiger partial charge in [-0.25, -0.2) is 4.39 Å². The Kier molecular flexibility index (Phi) is 5.81. The smallest absolute Gasteiger partial charge is 0.139 e. The average molecular weight is 282 g/mol. The van der Waals surface area contributed by atoms with Crippen molar-refractivity contribution < 1.29 is 4.39 Å². The SMILES string of the molecule is C=CC1CCC(C=CC#Cc2ccc(CC)cc2F)CC1. The van der Waals surface area contributed by atoms with Gasteiger partial charge in [-0.2, -0.15) is 0 Å². The number of halogens is 1. The first-order valence-electron chi connectivity index (χ1n) is 7.82. The van der Waals surface area contributed by atoms with Crippen LogP contribution >= 0.6 is 0 Å². The summed E-state index contributed by atoms with van der Waals surface area (Å²) in [5.74, 6) is 6.94. The van der Waals surface area contributed by atoms with Crippen molar-refractivity contribution in [3.63, 3.8) is 0 Å². The van der Waals surface area contributed by atoms with E-state index in [1.165, 1.54) is 25.7 Å². The van der Waals surface area contributed by atoms with E-state index in [4.69, 9.17) is 0 Å². The van der Waals surface area contributed by atoms with Crippen molar-refractivity contribution in [1.29, 1.82) is 0 Å². The van der Waals surface area contributed by atoms with Gasteiger partial charge in [0.1, 0.15) is 5.82 Å². The Hall–Kier alpha value is -1.81. The van der Waals surface area contributed by atoms with Crippen LogP contribution in [0.15, 0.2) is 43.0 Å². The van der Waals surface area contributed by atoms with E-state index in [0.29, 0.717) is 17.4 Å². The third-order valence-corrected chi connectivity index (χ3v) is 4.25. The molecule has 0 bridgehead atoms. The van der Waals surface area contributed by atoms with E-state index < -0.39 is 0 Å². The minimum absolute atomic E-state index is 0.221. The molecule has 110 valence electrons. The van der Waals surface area contributed by atoms with Gasteiger partial charge in [0.05, 0.1) is 5.56 Å². The van der Waals surface area contributed by atoms with Gasteiger partial charge in [0.25, 0.3) is 0 Å². The number of aryl methyl sites for hydroxylation is 1. The molecule has 2 rings (SSSR count). The fourth-order valence-corrected chi connectivity index (χ4v) is 2.76. The van der Waals surface area contributed by atoms with E-state index in [9.17, 15) is 4.39 Å². The van der Waals surface area contributed by atoms with Gasteiger partial charge in [-0.15, -0.1) is 6.58 Å². The molecule has 0 radical (unpaired) electrons. The highest BCUT2D eigenvalue weighted by molar-refractivity contribution is 5.39. The van der Waals surface area contributed by atoms with Crippen molar-refractivity contribution in [3.05, 3.63) is 60.0 Å². The molecule has 1 saturated carbocycles. The summed E-state index contributed by atoms with van der Waals surface area (Å²) in [6, 6.07) is 5.28. The third kappa shape index (κ3) is 4.60. The first-order valence-corrected chi connectivity index (χ1v) is 7.82. The second-order valence-corrected chi connectivity index (χ2v) is 5.71. The minimum Gasteiger partial charge on any atom is -0.206 e. The maximum absolute atomic E-state index is 13.8. The summed E-state index contributed by atoms with van der Waals surface area (Å²) in [6.07, 6.45) is 11.8. The van der Waals surface area contributed by atoms with Crippen LogP contribution < -0.4 is 0 Å². The quantitative estimate of drug-likeness (QED) is 0.522. The summed E-state index contributed by atoms with van der Waals surface area (Å²) in [7, 11) is 0. The zero-order chi connectivity index (χ0) is 15.1. The van der Waals surface area contributed by atoms with Crippen molar-refractivity contribution in [2.45, 2.75) is 39.0 Å². The maximum atomic E-state index is 13.8. The normalized spacial score (nSPS) is 21.8. The van der Waals surface area contributed by atoms with Crippen molar-refractivity contribution in [3.8, 4) is 11.8 Å². The van der Waals surface area contributed by atoms with Crippen LogP contribution in [-0.4, -0.2) is 0 Å². The van der Waals surface area contributed by atoms with Crippen LogP contribution in [0.5, 0.6) is 0 Å². The van der Waals surface area contributed by atoms with Gasteiger partial charge in [0, 0.05) is 0 Å². The molecule has 1 aliphatic carbocycles. The third-order valence-electron chi connectivity index (χ3n) is 4.25. The average Bonchev–Trinajstić information content (AvgIpc) is 2.53. The predicted octanol–water partition coefficient (Wildman–Crippen LogP) is 5.29. The van der Waals surface area contributed by atoms with Crippen molar-refractivity contribution in [2.75, 3.05) is 0 Å². The lowest BCUT2D eigenvalue weighted by molar-refractivity contribution is 0.357. The second kappa shape index (κ2) is 7.84. The number of allylic oxidation sites excluding steroid dienone is 3. The second-order valence-electron chi connectivity index (χ2n) is 5.71. The molecular weight excluding hydrogens is 259 g/mol. The number of rotatable bonds is 3. The molecule has 1 heteroatoms. The Balaban J connectivity index is 1.91. The summed E-state index contributed by atoms with van der Waals surface area (Å²) in [5, 5.41) is 0. The molecule has 0 atom stereocenters. The Bertz CT molecular complexity index is 563. The van der Waals surface area contributed by atoms with Gasteiger partial charge < -0.3 is 0 Å². The van der Waals surface area contributed by atoms with Crippen LogP contribution in [0.25, 0.3) is 0 Å². The maximum Gasteiger partial charge on any atom is 0.139 e. The van der Waals surface area contributed by atoms with E-state index in [2.05, 4.69) is 30.6 Å². The highest BCUT2D eigenvalue weighted by Gasteiger charge is 2.16. The van der Waals surface area contributed by atoms with Gasteiger partial charge in [-0.3, -0.25) is 0 Å². The first-order chi connectivity index (χ1) is 10.2. The Morgan fingerprint density at radius 1 is 1.24 bits per heavy atom. The lowest BCUT2D eigenvalue weighted by Gasteiger charge is -2.23. The molecule has 0 nitrogen and oxygen atoms in total. The van der Waals surface area contributed by atoms with Gasteiger partial charge in [-0.1, -0.05) is 37.0 Å². The molecule has 1 aromatic rings. The first kappa shape index (κ1) is 15.6. The lowest BCUT2D eigenvalue weighted by atomic mass is 9.82. The van der Waals surface area contributed by atoms with E-state index >= 15 is 0 Å². The van der Waals surface area contributed by atoms with Crippen molar-refractivity contribution in [2.24, 2.45) is 11.8 Å². The zero-order valence-corrected chi connectivity index (χ0v) is 12.7. The molecule has 0 aliphatic heterocycles. The molecule has 1 aromatic carbocycles. The van der Waals surface area contributed by atoms with Gasteiger partial charge in [0.2, 0.25) is 0 Å². The van der Waals surface area contributed by atoms with Gasteiger partial charge >= 0.3 is 0 Å².